The quantitative estimate of drug-likeness (QED) is 0.517. The molecule has 1 saturated heterocycles. The van der Waals surface area contributed by atoms with Crippen LogP contribution in [0, 0.1) is 10.1 Å². The Balaban J connectivity index is 1.56. The first-order valence-electron chi connectivity index (χ1n) is 8.99. The normalized spacial score (nSPS) is 19.6. The Hall–Kier alpha value is -2.86. The van der Waals surface area contributed by atoms with Gasteiger partial charge in [-0.2, -0.15) is 0 Å². The van der Waals surface area contributed by atoms with Crippen LogP contribution in [0.25, 0.3) is 6.08 Å². The fourth-order valence-electron chi connectivity index (χ4n) is 3.28. The van der Waals surface area contributed by atoms with E-state index in [1.54, 1.807) is 12.1 Å². The largest absolute Gasteiger partial charge is 0.492 e. The zero-order chi connectivity index (χ0) is 19.3. The van der Waals surface area contributed by atoms with Crippen LogP contribution in [0.5, 0.6) is 11.5 Å². The summed E-state index contributed by atoms with van der Waals surface area (Å²) >= 11 is 0. The van der Waals surface area contributed by atoms with Gasteiger partial charge in [0.2, 0.25) is 0 Å². The van der Waals surface area contributed by atoms with Crippen molar-refractivity contribution in [1.29, 1.82) is 0 Å². The summed E-state index contributed by atoms with van der Waals surface area (Å²) in [5.74, 6) is 1.50. The van der Waals surface area contributed by atoms with Gasteiger partial charge in [0, 0.05) is 43.8 Å². The van der Waals surface area contributed by atoms with E-state index in [4.69, 9.17) is 9.47 Å². The van der Waals surface area contributed by atoms with Crippen LogP contribution in [0.3, 0.4) is 0 Å². The molecule has 2 aromatic carbocycles. The molecule has 0 aliphatic carbocycles. The molecule has 3 rings (SSSR count). The van der Waals surface area contributed by atoms with Crippen molar-refractivity contribution in [2.24, 2.45) is 0 Å². The number of nitro benzene ring substituents is 1. The lowest BCUT2D eigenvalue weighted by Gasteiger charge is -2.27. The Morgan fingerprint density at radius 2 is 2.07 bits per heavy atom. The minimum Gasteiger partial charge on any atom is -0.492 e. The molecule has 1 aliphatic rings. The van der Waals surface area contributed by atoms with Gasteiger partial charge in [0.05, 0.1) is 4.92 Å². The second-order valence-corrected chi connectivity index (χ2v) is 6.92. The first-order chi connectivity index (χ1) is 13.0. The van der Waals surface area contributed by atoms with Crippen LogP contribution in [-0.2, 0) is 0 Å². The van der Waals surface area contributed by atoms with E-state index in [1.165, 1.54) is 12.1 Å². The van der Waals surface area contributed by atoms with E-state index < -0.39 is 4.92 Å². The van der Waals surface area contributed by atoms with Crippen molar-refractivity contribution in [3.8, 4) is 11.5 Å². The Bertz CT molecular complexity index is 809. The van der Waals surface area contributed by atoms with Crippen LogP contribution in [0.15, 0.2) is 55.1 Å². The summed E-state index contributed by atoms with van der Waals surface area (Å²) in [6.07, 6.45) is 2.47. The highest BCUT2D eigenvalue weighted by Crippen LogP contribution is 2.32. The molecule has 0 radical (unpaired) electrons. The summed E-state index contributed by atoms with van der Waals surface area (Å²) < 4.78 is 12.0. The molecule has 1 unspecified atom stereocenters. The van der Waals surface area contributed by atoms with Gasteiger partial charge in [-0.1, -0.05) is 30.9 Å². The van der Waals surface area contributed by atoms with Gasteiger partial charge in [-0.15, -0.1) is 0 Å². The Morgan fingerprint density at radius 3 is 2.78 bits per heavy atom. The number of non-ortho nitro benzene ring substituents is 1. The number of nitrogens with zero attached hydrogens (tertiary/aromatic N) is 2. The standard InChI is InChI=1S/C21H24N2O4/c1-3-17-15-18(23(24)25)9-10-20(17)27-21(2)11-12-22(16-21)13-14-26-19-7-5-4-6-8-19/h3-10,15H,1,11-14,16H2,2H3. The molecule has 0 bridgehead atoms. The lowest BCUT2D eigenvalue weighted by atomic mass is 10.1. The minimum absolute atomic E-state index is 0.0357. The third-order valence-electron chi connectivity index (χ3n) is 4.71. The molecule has 1 atom stereocenters. The topological polar surface area (TPSA) is 64.8 Å². The molecule has 0 spiro atoms. The number of para-hydroxylation sites is 1. The van der Waals surface area contributed by atoms with Gasteiger partial charge in [-0.05, 0) is 25.1 Å². The fourth-order valence-corrected chi connectivity index (χ4v) is 3.28. The molecule has 6 nitrogen and oxygen atoms in total. The van der Waals surface area contributed by atoms with Crippen molar-refractivity contribution >= 4 is 11.8 Å². The molecule has 6 heteroatoms. The molecule has 27 heavy (non-hydrogen) atoms. The van der Waals surface area contributed by atoms with Gasteiger partial charge in [0.1, 0.15) is 23.7 Å². The molecule has 142 valence electrons. The smallest absolute Gasteiger partial charge is 0.270 e. The molecule has 0 saturated carbocycles. The summed E-state index contributed by atoms with van der Waals surface area (Å²) in [6.45, 7) is 8.95. The van der Waals surface area contributed by atoms with E-state index in [0.717, 1.165) is 31.8 Å². The molecule has 2 aromatic rings. The SMILES string of the molecule is C=Cc1cc([N+](=O)[O-])ccc1OC1(C)CCN(CCOc2ccccc2)C1. The number of rotatable bonds is 8. The zero-order valence-electron chi connectivity index (χ0n) is 15.5. The third kappa shape index (κ3) is 4.86. The van der Waals surface area contributed by atoms with Crippen LogP contribution in [0.4, 0.5) is 5.69 Å². The van der Waals surface area contributed by atoms with Crippen LogP contribution < -0.4 is 9.47 Å². The molecule has 0 aromatic heterocycles. The van der Waals surface area contributed by atoms with E-state index in [0.29, 0.717) is 17.9 Å². The van der Waals surface area contributed by atoms with Crippen molar-refractivity contribution in [2.45, 2.75) is 18.9 Å². The molecule has 0 amide bonds. The number of hydrogen-bond donors (Lipinski definition) is 0. The molecule has 1 aliphatic heterocycles. The minimum atomic E-state index is -0.414. The van der Waals surface area contributed by atoms with Gasteiger partial charge >= 0.3 is 0 Å². The number of nitro groups is 1. The van der Waals surface area contributed by atoms with Crippen LogP contribution in [-0.4, -0.2) is 41.7 Å². The lowest BCUT2D eigenvalue weighted by Crippen LogP contribution is -2.37. The predicted octanol–water partition coefficient (Wildman–Crippen LogP) is 4.16. The average molecular weight is 368 g/mol. The van der Waals surface area contributed by atoms with Crippen LogP contribution >= 0.6 is 0 Å². The highest BCUT2D eigenvalue weighted by molar-refractivity contribution is 5.59. The zero-order valence-corrected chi connectivity index (χ0v) is 15.5. The highest BCUT2D eigenvalue weighted by Gasteiger charge is 2.36. The molecule has 0 N–H and O–H groups in total. The lowest BCUT2D eigenvalue weighted by molar-refractivity contribution is -0.384. The van der Waals surface area contributed by atoms with E-state index in [2.05, 4.69) is 18.4 Å². The van der Waals surface area contributed by atoms with Crippen LogP contribution in [0.2, 0.25) is 0 Å². The van der Waals surface area contributed by atoms with E-state index in [1.807, 2.05) is 30.3 Å². The molecular weight excluding hydrogens is 344 g/mol. The second kappa shape index (κ2) is 8.22. The second-order valence-electron chi connectivity index (χ2n) is 6.92. The monoisotopic (exact) mass is 368 g/mol. The third-order valence-corrected chi connectivity index (χ3v) is 4.71. The average Bonchev–Trinajstić information content (AvgIpc) is 3.03. The first-order valence-corrected chi connectivity index (χ1v) is 8.99. The number of benzene rings is 2. The maximum Gasteiger partial charge on any atom is 0.270 e. The summed E-state index contributed by atoms with van der Waals surface area (Å²) in [6, 6.07) is 14.4. The van der Waals surface area contributed by atoms with Crippen molar-refractivity contribution in [3.63, 3.8) is 0 Å². The van der Waals surface area contributed by atoms with Crippen molar-refractivity contribution in [1.82, 2.24) is 4.90 Å². The molecular formula is C21H24N2O4. The summed E-state index contributed by atoms with van der Waals surface area (Å²) in [4.78, 5) is 12.8. The maximum absolute atomic E-state index is 10.9. The summed E-state index contributed by atoms with van der Waals surface area (Å²) in [7, 11) is 0. The molecule has 1 heterocycles. The van der Waals surface area contributed by atoms with E-state index in [-0.39, 0.29) is 11.3 Å². The van der Waals surface area contributed by atoms with Gasteiger partial charge in [-0.25, -0.2) is 0 Å². The van der Waals surface area contributed by atoms with Gasteiger partial charge in [0.25, 0.3) is 5.69 Å². The summed E-state index contributed by atoms with van der Waals surface area (Å²) in [5, 5.41) is 10.9. The summed E-state index contributed by atoms with van der Waals surface area (Å²) in [5.41, 5.74) is 0.325. The van der Waals surface area contributed by atoms with E-state index >= 15 is 0 Å². The van der Waals surface area contributed by atoms with Crippen molar-refractivity contribution in [2.75, 3.05) is 26.2 Å². The predicted molar refractivity (Wildman–Crippen MR) is 105 cm³/mol. The van der Waals surface area contributed by atoms with Gasteiger partial charge in [-0.3, -0.25) is 15.0 Å². The van der Waals surface area contributed by atoms with Gasteiger partial charge < -0.3 is 9.47 Å². The van der Waals surface area contributed by atoms with Crippen molar-refractivity contribution < 1.29 is 14.4 Å². The van der Waals surface area contributed by atoms with E-state index in [9.17, 15) is 10.1 Å². The maximum atomic E-state index is 10.9. The van der Waals surface area contributed by atoms with Crippen molar-refractivity contribution in [3.05, 3.63) is 70.8 Å². The first kappa shape index (κ1) is 18.9. The van der Waals surface area contributed by atoms with Gasteiger partial charge in [0.15, 0.2) is 0 Å². The Labute approximate surface area is 159 Å². The van der Waals surface area contributed by atoms with Crippen LogP contribution in [0.1, 0.15) is 18.9 Å². The number of hydrogen-bond acceptors (Lipinski definition) is 5. The number of ether oxygens (including phenoxy) is 2. The molecule has 1 fully saturated rings. The highest BCUT2D eigenvalue weighted by atomic mass is 16.6. The fraction of sp³-hybridized carbons (Fsp3) is 0.333. The number of likely N-dealkylation sites (tertiary alicyclic amines) is 1. The Kier molecular flexibility index (Phi) is 5.76. The Morgan fingerprint density at radius 1 is 1.30 bits per heavy atom.